The molecule has 2 heterocycles. The fourth-order valence-electron chi connectivity index (χ4n) is 3.14. The molecule has 1 aliphatic rings. The Bertz CT molecular complexity index is 754. The SMILES string of the molecule is COC(=O)C(=O)N(CC1CCOCC1)C(C)c1ccc2scnc2c1. The van der Waals surface area contributed by atoms with Crippen LogP contribution in [0.2, 0.25) is 0 Å². The van der Waals surface area contributed by atoms with Crippen molar-refractivity contribution >= 4 is 33.4 Å². The molecule has 25 heavy (non-hydrogen) atoms. The molecule has 7 heteroatoms. The molecule has 3 rings (SSSR count). The van der Waals surface area contributed by atoms with Crippen LogP contribution in [0.1, 0.15) is 31.4 Å². The van der Waals surface area contributed by atoms with Crippen LogP contribution in [-0.2, 0) is 19.1 Å². The molecule has 1 saturated heterocycles. The Balaban J connectivity index is 1.85. The summed E-state index contributed by atoms with van der Waals surface area (Å²) in [6.07, 6.45) is 1.78. The summed E-state index contributed by atoms with van der Waals surface area (Å²) in [7, 11) is 1.23. The average molecular weight is 362 g/mol. The Morgan fingerprint density at radius 1 is 1.40 bits per heavy atom. The van der Waals surface area contributed by atoms with Crippen molar-refractivity contribution in [1.29, 1.82) is 0 Å². The normalized spacial score (nSPS) is 16.6. The molecule has 1 aromatic carbocycles. The van der Waals surface area contributed by atoms with E-state index in [-0.39, 0.29) is 6.04 Å². The second-order valence-corrected chi connectivity index (χ2v) is 7.15. The first kappa shape index (κ1) is 17.8. The van der Waals surface area contributed by atoms with Gasteiger partial charge in [-0.3, -0.25) is 4.79 Å². The number of aromatic nitrogens is 1. The molecule has 1 amide bonds. The maximum atomic E-state index is 12.6. The highest BCUT2D eigenvalue weighted by Crippen LogP contribution is 2.28. The van der Waals surface area contributed by atoms with Gasteiger partial charge in [-0.2, -0.15) is 0 Å². The molecule has 1 aliphatic heterocycles. The third kappa shape index (κ3) is 3.99. The van der Waals surface area contributed by atoms with Gasteiger partial charge in [0.15, 0.2) is 0 Å². The Kier molecular flexibility index (Phi) is 5.65. The van der Waals surface area contributed by atoms with E-state index in [0.717, 1.165) is 28.6 Å². The van der Waals surface area contributed by atoms with Gasteiger partial charge in [0.1, 0.15) is 0 Å². The molecule has 1 atom stereocenters. The van der Waals surface area contributed by atoms with Gasteiger partial charge in [0.05, 0.1) is 28.9 Å². The van der Waals surface area contributed by atoms with Crippen LogP contribution in [-0.4, -0.2) is 48.6 Å². The molecule has 0 N–H and O–H groups in total. The van der Waals surface area contributed by atoms with Crippen molar-refractivity contribution in [3.05, 3.63) is 29.3 Å². The second-order valence-electron chi connectivity index (χ2n) is 6.26. The number of nitrogens with zero attached hydrogens (tertiary/aromatic N) is 2. The zero-order valence-electron chi connectivity index (χ0n) is 14.4. The number of amides is 1. The summed E-state index contributed by atoms with van der Waals surface area (Å²) < 4.78 is 11.2. The summed E-state index contributed by atoms with van der Waals surface area (Å²) in [6.45, 7) is 3.86. The van der Waals surface area contributed by atoms with Crippen molar-refractivity contribution < 1.29 is 19.1 Å². The first-order valence-corrected chi connectivity index (χ1v) is 9.28. The molecule has 0 radical (unpaired) electrons. The third-order valence-corrected chi connectivity index (χ3v) is 5.53. The number of fused-ring (bicyclic) bond motifs is 1. The minimum Gasteiger partial charge on any atom is -0.462 e. The van der Waals surface area contributed by atoms with E-state index in [0.29, 0.717) is 25.7 Å². The summed E-state index contributed by atoms with van der Waals surface area (Å²) >= 11 is 1.58. The predicted molar refractivity (Wildman–Crippen MR) is 95.3 cm³/mol. The third-order valence-electron chi connectivity index (χ3n) is 4.72. The molecule has 0 aliphatic carbocycles. The number of esters is 1. The molecule has 6 nitrogen and oxygen atoms in total. The number of ether oxygens (including phenoxy) is 2. The van der Waals surface area contributed by atoms with Gasteiger partial charge >= 0.3 is 11.9 Å². The number of thiazole rings is 1. The van der Waals surface area contributed by atoms with Gasteiger partial charge in [0, 0.05) is 19.8 Å². The smallest absolute Gasteiger partial charge is 0.396 e. The fourth-order valence-corrected chi connectivity index (χ4v) is 3.80. The van der Waals surface area contributed by atoms with Crippen LogP contribution in [0, 0.1) is 5.92 Å². The van der Waals surface area contributed by atoms with Crippen molar-refractivity contribution in [2.75, 3.05) is 26.9 Å². The number of carbonyl (C=O) groups excluding carboxylic acids is 2. The first-order chi connectivity index (χ1) is 12.1. The molecule has 0 bridgehead atoms. The molecule has 134 valence electrons. The van der Waals surface area contributed by atoms with Crippen LogP contribution in [0.15, 0.2) is 23.7 Å². The molecular formula is C18H22N2O4S. The molecule has 0 spiro atoms. The second kappa shape index (κ2) is 7.93. The van der Waals surface area contributed by atoms with E-state index < -0.39 is 11.9 Å². The lowest BCUT2D eigenvalue weighted by molar-refractivity contribution is -0.160. The Morgan fingerprint density at radius 2 is 2.16 bits per heavy atom. The quantitative estimate of drug-likeness (QED) is 0.618. The zero-order chi connectivity index (χ0) is 17.8. The van der Waals surface area contributed by atoms with Gasteiger partial charge < -0.3 is 14.4 Å². The number of benzene rings is 1. The topological polar surface area (TPSA) is 68.7 Å². The van der Waals surface area contributed by atoms with E-state index in [4.69, 9.17) is 4.74 Å². The van der Waals surface area contributed by atoms with E-state index in [1.54, 1.807) is 21.7 Å². The summed E-state index contributed by atoms with van der Waals surface area (Å²) in [5.41, 5.74) is 3.67. The summed E-state index contributed by atoms with van der Waals surface area (Å²) in [5, 5.41) is 0. The van der Waals surface area contributed by atoms with Crippen LogP contribution in [0.25, 0.3) is 10.2 Å². The van der Waals surface area contributed by atoms with Crippen molar-refractivity contribution in [3.63, 3.8) is 0 Å². The van der Waals surface area contributed by atoms with E-state index >= 15 is 0 Å². The lowest BCUT2D eigenvalue weighted by Gasteiger charge is -2.33. The lowest BCUT2D eigenvalue weighted by atomic mass is 9.97. The number of hydrogen-bond acceptors (Lipinski definition) is 6. The van der Waals surface area contributed by atoms with E-state index in [1.165, 1.54) is 7.11 Å². The van der Waals surface area contributed by atoms with Crippen LogP contribution < -0.4 is 0 Å². The number of hydrogen-bond donors (Lipinski definition) is 0. The number of rotatable bonds is 4. The summed E-state index contributed by atoms with van der Waals surface area (Å²) in [6, 6.07) is 5.75. The minimum atomic E-state index is -0.825. The standard InChI is InChI=1S/C18H22N2O4S/c1-12(14-3-4-16-15(9-14)19-11-25-16)20(17(21)18(22)23-2)10-13-5-7-24-8-6-13/h3-4,9,11-13H,5-8,10H2,1-2H3. The van der Waals surface area contributed by atoms with Crippen molar-refractivity contribution in [2.45, 2.75) is 25.8 Å². The van der Waals surface area contributed by atoms with E-state index in [2.05, 4.69) is 9.72 Å². The highest BCUT2D eigenvalue weighted by Gasteiger charge is 2.30. The molecular weight excluding hydrogens is 340 g/mol. The fraction of sp³-hybridized carbons (Fsp3) is 0.500. The molecule has 2 aromatic rings. The van der Waals surface area contributed by atoms with E-state index in [1.807, 2.05) is 25.1 Å². The molecule has 1 aromatic heterocycles. The highest BCUT2D eigenvalue weighted by molar-refractivity contribution is 7.16. The van der Waals surface area contributed by atoms with Gasteiger partial charge in [0.2, 0.25) is 0 Å². The maximum absolute atomic E-state index is 12.6. The van der Waals surface area contributed by atoms with Crippen LogP contribution in [0.4, 0.5) is 0 Å². The van der Waals surface area contributed by atoms with Crippen LogP contribution in [0.5, 0.6) is 0 Å². The van der Waals surface area contributed by atoms with Crippen molar-refractivity contribution in [3.8, 4) is 0 Å². The Labute approximate surface area is 150 Å². The van der Waals surface area contributed by atoms with Gasteiger partial charge in [-0.15, -0.1) is 11.3 Å². The lowest BCUT2D eigenvalue weighted by Crippen LogP contribution is -2.42. The van der Waals surface area contributed by atoms with E-state index in [9.17, 15) is 9.59 Å². The van der Waals surface area contributed by atoms with Crippen LogP contribution >= 0.6 is 11.3 Å². The van der Waals surface area contributed by atoms with Crippen molar-refractivity contribution in [1.82, 2.24) is 9.88 Å². The zero-order valence-corrected chi connectivity index (χ0v) is 15.3. The minimum absolute atomic E-state index is 0.236. The molecule has 0 saturated carbocycles. The maximum Gasteiger partial charge on any atom is 0.396 e. The molecule has 1 unspecified atom stereocenters. The number of methoxy groups -OCH3 is 1. The number of carbonyl (C=O) groups is 2. The Morgan fingerprint density at radius 3 is 2.88 bits per heavy atom. The van der Waals surface area contributed by atoms with Gasteiger partial charge in [-0.05, 0) is 43.4 Å². The highest BCUT2D eigenvalue weighted by atomic mass is 32.1. The molecule has 1 fully saturated rings. The van der Waals surface area contributed by atoms with Crippen molar-refractivity contribution in [2.24, 2.45) is 5.92 Å². The summed E-state index contributed by atoms with van der Waals surface area (Å²) in [5.74, 6) is -1.10. The van der Waals surface area contributed by atoms with Crippen LogP contribution in [0.3, 0.4) is 0 Å². The van der Waals surface area contributed by atoms with Gasteiger partial charge in [-0.25, -0.2) is 9.78 Å². The summed E-state index contributed by atoms with van der Waals surface area (Å²) in [4.78, 5) is 30.4. The predicted octanol–water partition coefficient (Wildman–Crippen LogP) is 2.79. The van der Waals surface area contributed by atoms with Gasteiger partial charge in [0.25, 0.3) is 0 Å². The monoisotopic (exact) mass is 362 g/mol. The Hall–Kier alpha value is -1.99. The van der Waals surface area contributed by atoms with Gasteiger partial charge in [-0.1, -0.05) is 6.07 Å². The largest absolute Gasteiger partial charge is 0.462 e. The first-order valence-electron chi connectivity index (χ1n) is 8.40. The average Bonchev–Trinajstić information content (AvgIpc) is 3.13.